The summed E-state index contributed by atoms with van der Waals surface area (Å²) >= 11 is 1.59. The van der Waals surface area contributed by atoms with E-state index < -0.39 is 5.97 Å². The van der Waals surface area contributed by atoms with Crippen LogP contribution < -0.4 is 5.32 Å². The van der Waals surface area contributed by atoms with Crippen LogP contribution in [0, 0.1) is 0 Å². The molecule has 6 nitrogen and oxygen atoms in total. The van der Waals surface area contributed by atoms with Crippen LogP contribution >= 0.6 is 11.3 Å². The van der Waals surface area contributed by atoms with Crippen molar-refractivity contribution < 1.29 is 14.3 Å². The number of carbonyl (C=O) groups is 2. The second-order valence-corrected chi connectivity index (χ2v) is 7.86. The molecule has 0 aliphatic carbocycles. The normalized spacial score (nSPS) is 12.1. The summed E-state index contributed by atoms with van der Waals surface area (Å²) in [4.78, 5) is 24.8. The molecule has 1 aromatic carbocycles. The van der Waals surface area contributed by atoms with Crippen molar-refractivity contribution in [3.8, 4) is 10.6 Å². The summed E-state index contributed by atoms with van der Waals surface area (Å²) < 4.78 is 6.90. The van der Waals surface area contributed by atoms with Gasteiger partial charge in [0.2, 0.25) is 0 Å². The van der Waals surface area contributed by atoms with Gasteiger partial charge < -0.3 is 10.1 Å². The number of nitrogens with one attached hydrogen (secondary N) is 1. The van der Waals surface area contributed by atoms with Gasteiger partial charge in [-0.05, 0) is 36.4 Å². The number of nitrogens with zero attached hydrogens (tertiary/aromatic N) is 2. The molecule has 3 aromatic rings. The highest BCUT2D eigenvalue weighted by Gasteiger charge is 2.12. The lowest BCUT2D eigenvalue weighted by Crippen LogP contribution is -2.35. The Balaban J connectivity index is 1.69. The molecule has 0 radical (unpaired) electrons. The Morgan fingerprint density at radius 1 is 1.23 bits per heavy atom. The number of amides is 1. The van der Waals surface area contributed by atoms with E-state index in [-0.39, 0.29) is 18.6 Å². The molecule has 2 heterocycles. The summed E-state index contributed by atoms with van der Waals surface area (Å²) in [5.74, 6) is -0.872. The number of hydrogen-bond donors (Lipinski definition) is 1. The van der Waals surface area contributed by atoms with E-state index >= 15 is 0 Å². The lowest BCUT2D eigenvalue weighted by atomic mass is 10.2. The van der Waals surface area contributed by atoms with E-state index in [2.05, 4.69) is 5.32 Å². The van der Waals surface area contributed by atoms with E-state index in [1.54, 1.807) is 17.4 Å². The summed E-state index contributed by atoms with van der Waals surface area (Å²) in [6.45, 7) is 4.22. The fraction of sp³-hybridized carbons (Fsp3) is 0.261. The molecule has 0 aliphatic heterocycles. The van der Waals surface area contributed by atoms with Gasteiger partial charge in [-0.3, -0.25) is 9.48 Å². The predicted octanol–water partition coefficient (Wildman–Crippen LogP) is 4.13. The lowest BCUT2D eigenvalue weighted by Gasteiger charge is -2.10. The monoisotopic (exact) mass is 423 g/mol. The molecule has 0 spiro atoms. The number of aromatic nitrogens is 2. The molecular formula is C23H25N3O3S. The van der Waals surface area contributed by atoms with Crippen LogP contribution in [-0.4, -0.2) is 34.3 Å². The van der Waals surface area contributed by atoms with Crippen LogP contribution in [0.4, 0.5) is 0 Å². The molecule has 1 N–H and O–H groups in total. The maximum Gasteiger partial charge on any atom is 0.331 e. The first kappa shape index (κ1) is 21.5. The number of rotatable bonds is 9. The second kappa shape index (κ2) is 10.5. The number of esters is 1. The zero-order valence-electron chi connectivity index (χ0n) is 17.1. The fourth-order valence-electron chi connectivity index (χ4n) is 2.78. The van der Waals surface area contributed by atoms with Crippen molar-refractivity contribution in [3.63, 3.8) is 0 Å². The molecule has 0 aliphatic rings. The van der Waals surface area contributed by atoms with Crippen molar-refractivity contribution in [2.45, 2.75) is 32.9 Å². The molecule has 0 unspecified atom stereocenters. The molecule has 156 valence electrons. The summed E-state index contributed by atoms with van der Waals surface area (Å²) in [5.41, 5.74) is 2.76. The highest BCUT2D eigenvalue weighted by molar-refractivity contribution is 7.13. The van der Waals surface area contributed by atoms with Gasteiger partial charge in [-0.25, -0.2) is 4.79 Å². The Labute approximate surface area is 180 Å². The Morgan fingerprint density at radius 3 is 2.73 bits per heavy atom. The molecule has 7 heteroatoms. The van der Waals surface area contributed by atoms with E-state index in [4.69, 9.17) is 9.84 Å². The van der Waals surface area contributed by atoms with Gasteiger partial charge in [0.05, 0.1) is 11.4 Å². The smallest absolute Gasteiger partial charge is 0.331 e. The van der Waals surface area contributed by atoms with Gasteiger partial charge in [0.1, 0.15) is 5.69 Å². The van der Waals surface area contributed by atoms with Crippen LogP contribution in [0.1, 0.15) is 31.4 Å². The van der Waals surface area contributed by atoms with E-state index in [0.29, 0.717) is 6.54 Å². The summed E-state index contributed by atoms with van der Waals surface area (Å²) in [6, 6.07) is 14.1. The van der Waals surface area contributed by atoms with E-state index in [9.17, 15) is 9.59 Å². The largest absolute Gasteiger partial charge is 0.452 e. The Bertz CT molecular complexity index is 994. The van der Waals surface area contributed by atoms with Crippen molar-refractivity contribution >= 4 is 29.3 Å². The highest BCUT2D eigenvalue weighted by atomic mass is 32.1. The quantitative estimate of drug-likeness (QED) is 0.415. The maximum atomic E-state index is 12.1. The zero-order valence-corrected chi connectivity index (χ0v) is 17.9. The van der Waals surface area contributed by atoms with Crippen LogP contribution in [0.15, 0.2) is 60.1 Å². The van der Waals surface area contributed by atoms with Crippen LogP contribution in [0.5, 0.6) is 0 Å². The van der Waals surface area contributed by atoms with Crippen molar-refractivity contribution in [1.82, 2.24) is 15.1 Å². The summed E-state index contributed by atoms with van der Waals surface area (Å²) in [7, 11) is 0. The van der Waals surface area contributed by atoms with Gasteiger partial charge in [0.15, 0.2) is 6.61 Å². The van der Waals surface area contributed by atoms with Crippen LogP contribution in [0.25, 0.3) is 16.6 Å². The number of benzene rings is 1. The molecule has 0 saturated heterocycles. The zero-order chi connectivity index (χ0) is 21.3. The molecular weight excluding hydrogens is 398 g/mol. The number of thiophene rings is 1. The van der Waals surface area contributed by atoms with Crippen LogP contribution in [-0.2, 0) is 20.9 Å². The standard InChI is InChI=1S/C23H25N3O3S/c1-3-17(2)24-21(27)16-29-22(28)12-11-19-15-26(14-18-8-5-4-6-9-18)25-23(19)20-10-7-13-30-20/h4-13,15,17H,3,14,16H2,1-2H3,(H,24,27)/b12-11+/t17-/m1/s1. The third kappa shape index (κ3) is 6.15. The molecule has 3 rings (SSSR count). The van der Waals surface area contributed by atoms with Crippen LogP contribution in [0.3, 0.4) is 0 Å². The third-order valence-electron chi connectivity index (χ3n) is 4.50. The molecule has 0 fully saturated rings. The molecule has 0 bridgehead atoms. The van der Waals surface area contributed by atoms with E-state index in [0.717, 1.165) is 28.1 Å². The van der Waals surface area contributed by atoms with E-state index in [1.165, 1.54) is 6.08 Å². The van der Waals surface area contributed by atoms with Gasteiger partial charge in [-0.2, -0.15) is 5.10 Å². The van der Waals surface area contributed by atoms with Crippen molar-refractivity contribution in [1.29, 1.82) is 0 Å². The third-order valence-corrected chi connectivity index (χ3v) is 5.37. The minimum absolute atomic E-state index is 0.0514. The second-order valence-electron chi connectivity index (χ2n) is 6.91. The van der Waals surface area contributed by atoms with Crippen molar-refractivity contribution in [2.75, 3.05) is 6.61 Å². The predicted molar refractivity (Wildman–Crippen MR) is 119 cm³/mol. The van der Waals surface area contributed by atoms with Gasteiger partial charge >= 0.3 is 5.97 Å². The van der Waals surface area contributed by atoms with Gasteiger partial charge in [-0.15, -0.1) is 11.3 Å². The van der Waals surface area contributed by atoms with Crippen LogP contribution in [0.2, 0.25) is 0 Å². The maximum absolute atomic E-state index is 12.1. The summed E-state index contributed by atoms with van der Waals surface area (Å²) in [5, 5.41) is 9.45. The first-order valence-electron chi connectivity index (χ1n) is 9.84. The topological polar surface area (TPSA) is 73.2 Å². The minimum Gasteiger partial charge on any atom is -0.452 e. The van der Waals surface area contributed by atoms with Gasteiger partial charge in [0.25, 0.3) is 5.91 Å². The summed E-state index contributed by atoms with van der Waals surface area (Å²) in [6.07, 6.45) is 5.73. The van der Waals surface area contributed by atoms with E-state index in [1.807, 2.05) is 72.6 Å². The Hall–Kier alpha value is -3.19. The Morgan fingerprint density at radius 2 is 2.03 bits per heavy atom. The fourth-order valence-corrected chi connectivity index (χ4v) is 3.51. The van der Waals surface area contributed by atoms with Gasteiger partial charge in [-0.1, -0.05) is 43.3 Å². The average molecular weight is 424 g/mol. The number of hydrogen-bond acceptors (Lipinski definition) is 5. The first-order chi connectivity index (χ1) is 14.5. The number of ether oxygens (including phenoxy) is 1. The van der Waals surface area contributed by atoms with Crippen molar-refractivity contribution in [3.05, 3.63) is 71.2 Å². The molecule has 1 atom stereocenters. The van der Waals surface area contributed by atoms with Gasteiger partial charge in [0, 0.05) is 23.9 Å². The minimum atomic E-state index is -0.567. The Kier molecular flexibility index (Phi) is 7.57. The molecule has 30 heavy (non-hydrogen) atoms. The highest BCUT2D eigenvalue weighted by Crippen LogP contribution is 2.27. The molecule has 1 amide bonds. The average Bonchev–Trinajstić information content (AvgIpc) is 3.41. The molecule has 0 saturated carbocycles. The molecule has 2 aromatic heterocycles. The lowest BCUT2D eigenvalue weighted by molar-refractivity contribution is -0.144. The van der Waals surface area contributed by atoms with Crippen molar-refractivity contribution in [2.24, 2.45) is 0 Å². The first-order valence-corrected chi connectivity index (χ1v) is 10.7. The number of carbonyl (C=O) groups excluding carboxylic acids is 2. The SMILES string of the molecule is CC[C@@H](C)NC(=O)COC(=O)/C=C/c1cn(Cc2ccccc2)nc1-c1cccs1.